The maximum Gasteiger partial charge on any atom is 0.270 e. The van der Waals surface area contributed by atoms with Gasteiger partial charge in [-0.05, 0) is 43.0 Å². The Hall–Kier alpha value is -2.86. The zero-order valence-electron chi connectivity index (χ0n) is 14.7. The van der Waals surface area contributed by atoms with E-state index in [1.54, 1.807) is 24.3 Å². The molecule has 7 heteroatoms. The summed E-state index contributed by atoms with van der Waals surface area (Å²) in [4.78, 5) is 24.9. The van der Waals surface area contributed by atoms with Crippen molar-refractivity contribution in [1.82, 2.24) is 0 Å². The summed E-state index contributed by atoms with van der Waals surface area (Å²) in [6.45, 7) is 1.83. The zero-order chi connectivity index (χ0) is 19.2. The zero-order valence-corrected chi connectivity index (χ0v) is 15.5. The first-order valence-electron chi connectivity index (χ1n) is 8.81. The maximum atomic E-state index is 12.4. The highest BCUT2D eigenvalue weighted by Gasteiger charge is 2.18. The monoisotopic (exact) mass is 385 g/mol. The van der Waals surface area contributed by atoms with Crippen LogP contribution >= 0.6 is 11.6 Å². The van der Waals surface area contributed by atoms with Crippen molar-refractivity contribution in [1.29, 1.82) is 0 Å². The molecule has 1 aliphatic heterocycles. The van der Waals surface area contributed by atoms with Crippen molar-refractivity contribution in [2.75, 3.05) is 23.3 Å². The van der Waals surface area contributed by atoms with Crippen molar-refractivity contribution in [3.8, 4) is 0 Å². The largest absolute Gasteiger partial charge is 0.369 e. The third-order valence-corrected chi connectivity index (χ3v) is 4.73. The first kappa shape index (κ1) is 18.9. The molecule has 1 N–H and O–H groups in total. The van der Waals surface area contributed by atoms with E-state index in [-0.39, 0.29) is 11.6 Å². The lowest BCUT2D eigenvalue weighted by Crippen LogP contribution is -2.30. The minimum Gasteiger partial charge on any atom is -0.369 e. The van der Waals surface area contributed by atoms with Gasteiger partial charge < -0.3 is 10.2 Å². The molecule has 1 amide bonds. The van der Waals surface area contributed by atoms with Gasteiger partial charge in [-0.1, -0.05) is 29.8 Å². The van der Waals surface area contributed by atoms with Crippen LogP contribution in [0, 0.1) is 10.1 Å². The number of nitro benzene ring substituents is 1. The number of halogens is 1. The van der Waals surface area contributed by atoms with Gasteiger partial charge in [0.1, 0.15) is 0 Å². The van der Waals surface area contributed by atoms with Crippen molar-refractivity contribution in [3.63, 3.8) is 0 Å². The second-order valence-corrected chi connectivity index (χ2v) is 6.77. The van der Waals surface area contributed by atoms with Gasteiger partial charge in [-0.2, -0.15) is 0 Å². The van der Waals surface area contributed by atoms with Crippen LogP contribution in [0.2, 0.25) is 5.02 Å². The number of anilines is 2. The van der Waals surface area contributed by atoms with E-state index in [1.165, 1.54) is 24.6 Å². The minimum absolute atomic E-state index is 0.0141. The molecule has 0 saturated carbocycles. The summed E-state index contributed by atoms with van der Waals surface area (Å²) < 4.78 is 0. The number of nitrogens with zero attached hydrogens (tertiary/aromatic N) is 2. The summed E-state index contributed by atoms with van der Waals surface area (Å²) in [7, 11) is 0. The Kier molecular flexibility index (Phi) is 6.08. The highest BCUT2D eigenvalue weighted by Crippen LogP contribution is 2.35. The van der Waals surface area contributed by atoms with E-state index < -0.39 is 4.92 Å². The van der Waals surface area contributed by atoms with Crippen LogP contribution in [0.4, 0.5) is 17.1 Å². The Balaban J connectivity index is 1.75. The number of non-ortho nitro benzene ring substituents is 1. The van der Waals surface area contributed by atoms with E-state index >= 15 is 0 Å². The molecule has 1 heterocycles. The van der Waals surface area contributed by atoms with Gasteiger partial charge in [0.25, 0.3) is 5.69 Å². The fraction of sp³-hybridized carbons (Fsp3) is 0.250. The number of nitrogens with one attached hydrogen (secondary N) is 1. The normalized spacial score (nSPS) is 14.3. The van der Waals surface area contributed by atoms with Crippen molar-refractivity contribution >= 4 is 40.6 Å². The van der Waals surface area contributed by atoms with Crippen LogP contribution in [0.3, 0.4) is 0 Å². The van der Waals surface area contributed by atoms with Gasteiger partial charge in [-0.25, -0.2) is 0 Å². The van der Waals surface area contributed by atoms with Crippen LogP contribution < -0.4 is 10.2 Å². The number of hydrogen-bond donors (Lipinski definition) is 1. The lowest BCUT2D eigenvalue weighted by Gasteiger charge is -2.31. The molecule has 1 aliphatic rings. The summed E-state index contributed by atoms with van der Waals surface area (Å²) in [6, 6.07) is 11.6. The molecule has 1 saturated heterocycles. The SMILES string of the molecule is O=C(C=Cc1cccc([N+](=O)[O-])c1)Nc1cccc(Cl)c1N1CCCCC1. The molecule has 0 radical (unpaired) electrons. The number of piperidine rings is 1. The molecule has 0 unspecified atom stereocenters. The number of hydrogen-bond acceptors (Lipinski definition) is 4. The summed E-state index contributed by atoms with van der Waals surface area (Å²) >= 11 is 6.39. The molecule has 1 fully saturated rings. The summed E-state index contributed by atoms with van der Waals surface area (Å²) in [5.74, 6) is -0.318. The lowest BCUT2D eigenvalue weighted by atomic mass is 10.1. The number of rotatable bonds is 5. The molecular weight excluding hydrogens is 366 g/mol. The van der Waals surface area contributed by atoms with E-state index in [0.29, 0.717) is 16.3 Å². The van der Waals surface area contributed by atoms with Gasteiger partial charge in [0.05, 0.1) is 21.3 Å². The van der Waals surface area contributed by atoms with Crippen molar-refractivity contribution < 1.29 is 9.72 Å². The van der Waals surface area contributed by atoms with Crippen LogP contribution in [0.15, 0.2) is 48.5 Å². The van der Waals surface area contributed by atoms with Gasteiger partial charge in [-0.15, -0.1) is 0 Å². The molecule has 140 valence electrons. The van der Waals surface area contributed by atoms with E-state index in [1.807, 2.05) is 12.1 Å². The number of amides is 1. The van der Waals surface area contributed by atoms with Gasteiger partial charge in [0.2, 0.25) is 5.91 Å². The summed E-state index contributed by atoms with van der Waals surface area (Å²) in [5.41, 5.74) is 2.08. The third kappa shape index (κ3) is 4.86. The smallest absolute Gasteiger partial charge is 0.270 e. The fourth-order valence-corrected chi connectivity index (χ4v) is 3.44. The van der Waals surface area contributed by atoms with Crippen LogP contribution in [-0.2, 0) is 4.79 Å². The van der Waals surface area contributed by atoms with Gasteiger partial charge in [0, 0.05) is 31.3 Å². The Morgan fingerprint density at radius 2 is 1.89 bits per heavy atom. The van der Waals surface area contributed by atoms with Crippen LogP contribution in [0.25, 0.3) is 6.08 Å². The first-order valence-corrected chi connectivity index (χ1v) is 9.19. The molecule has 0 aliphatic carbocycles. The number of carbonyl (C=O) groups is 1. The Bertz CT molecular complexity index is 877. The van der Waals surface area contributed by atoms with Gasteiger partial charge in [-0.3, -0.25) is 14.9 Å². The predicted octanol–water partition coefficient (Wildman–Crippen LogP) is 4.89. The van der Waals surface area contributed by atoms with Crippen LogP contribution in [0.1, 0.15) is 24.8 Å². The topological polar surface area (TPSA) is 75.5 Å². The van der Waals surface area contributed by atoms with E-state index in [2.05, 4.69) is 10.2 Å². The van der Waals surface area contributed by atoms with Gasteiger partial charge >= 0.3 is 0 Å². The van der Waals surface area contributed by atoms with Crippen LogP contribution in [0.5, 0.6) is 0 Å². The number of benzene rings is 2. The third-order valence-electron chi connectivity index (χ3n) is 4.43. The average Bonchev–Trinajstić information content (AvgIpc) is 2.67. The summed E-state index contributed by atoms with van der Waals surface area (Å²) in [5, 5.41) is 14.3. The second-order valence-electron chi connectivity index (χ2n) is 6.36. The Labute approximate surface area is 162 Å². The Morgan fingerprint density at radius 1 is 1.15 bits per heavy atom. The number of para-hydroxylation sites is 1. The molecule has 2 aromatic carbocycles. The molecule has 27 heavy (non-hydrogen) atoms. The average molecular weight is 386 g/mol. The molecule has 0 atom stereocenters. The lowest BCUT2D eigenvalue weighted by molar-refractivity contribution is -0.384. The Morgan fingerprint density at radius 3 is 2.63 bits per heavy atom. The van der Waals surface area contributed by atoms with E-state index in [0.717, 1.165) is 31.6 Å². The van der Waals surface area contributed by atoms with Crippen LogP contribution in [-0.4, -0.2) is 23.9 Å². The van der Waals surface area contributed by atoms with Crippen molar-refractivity contribution in [3.05, 3.63) is 69.2 Å². The molecular formula is C20H20ClN3O3. The predicted molar refractivity (Wildman–Crippen MR) is 108 cm³/mol. The highest BCUT2D eigenvalue weighted by molar-refractivity contribution is 6.34. The van der Waals surface area contributed by atoms with Gasteiger partial charge in [0.15, 0.2) is 0 Å². The molecule has 0 spiro atoms. The molecule has 3 rings (SSSR count). The molecule has 0 bridgehead atoms. The number of nitro groups is 1. The van der Waals surface area contributed by atoms with E-state index in [9.17, 15) is 14.9 Å². The van der Waals surface area contributed by atoms with E-state index in [4.69, 9.17) is 11.6 Å². The molecule has 0 aromatic heterocycles. The molecule has 2 aromatic rings. The maximum absolute atomic E-state index is 12.4. The molecule has 6 nitrogen and oxygen atoms in total. The number of carbonyl (C=O) groups excluding carboxylic acids is 1. The first-order chi connectivity index (χ1) is 13.0. The van der Waals surface area contributed by atoms with Crippen molar-refractivity contribution in [2.45, 2.75) is 19.3 Å². The highest BCUT2D eigenvalue weighted by atomic mass is 35.5. The fourth-order valence-electron chi connectivity index (χ4n) is 3.14. The standard InChI is InChI=1S/C20H20ClN3O3/c21-17-8-5-9-18(20(17)23-12-2-1-3-13-23)22-19(25)11-10-15-6-4-7-16(14-15)24(26)27/h4-11,14H,1-3,12-13H2,(H,22,25). The van der Waals surface area contributed by atoms with Crippen molar-refractivity contribution in [2.24, 2.45) is 0 Å². The second kappa shape index (κ2) is 8.68. The minimum atomic E-state index is -0.464. The quantitative estimate of drug-likeness (QED) is 0.451. The summed E-state index contributed by atoms with van der Waals surface area (Å²) in [6.07, 6.45) is 6.32.